The van der Waals surface area contributed by atoms with Crippen LogP contribution in [-0.4, -0.2) is 13.4 Å². The van der Waals surface area contributed by atoms with Crippen LogP contribution in [0.5, 0.6) is 0 Å². The Bertz CT molecular complexity index is 719. The molecule has 0 aliphatic rings. The topological polar surface area (TPSA) is 59.1 Å². The van der Waals surface area contributed by atoms with Gasteiger partial charge in [-0.25, -0.2) is 17.8 Å². The molecule has 0 saturated carbocycles. The number of nitrogens with one attached hydrogen (secondary N) is 1. The van der Waals surface area contributed by atoms with Crippen molar-refractivity contribution in [1.29, 1.82) is 0 Å². The van der Waals surface area contributed by atoms with E-state index in [-0.39, 0.29) is 5.82 Å². The van der Waals surface area contributed by atoms with Crippen LogP contribution in [0.4, 0.5) is 10.2 Å². The zero-order chi connectivity index (χ0) is 14.0. The standard InChI is InChI=1S/C12H10ClFN2O2S/c1-8-2-3-10(14)11(6-8)19(17,18)16-12-7-9(13)4-5-15-12/h2-7H,1H3,(H,15,16). The Balaban J connectivity index is 2.40. The first-order chi connectivity index (χ1) is 8.88. The molecule has 4 nitrogen and oxygen atoms in total. The van der Waals surface area contributed by atoms with E-state index in [1.807, 2.05) is 0 Å². The van der Waals surface area contributed by atoms with Crippen LogP contribution in [0.3, 0.4) is 0 Å². The van der Waals surface area contributed by atoms with Gasteiger partial charge in [0.25, 0.3) is 10.0 Å². The second kappa shape index (κ2) is 5.14. The minimum absolute atomic E-state index is 0.0356. The molecule has 0 spiro atoms. The van der Waals surface area contributed by atoms with E-state index in [9.17, 15) is 12.8 Å². The molecule has 2 rings (SSSR count). The molecule has 0 saturated heterocycles. The Morgan fingerprint density at radius 1 is 1.26 bits per heavy atom. The number of hydrogen-bond donors (Lipinski definition) is 1. The van der Waals surface area contributed by atoms with Crippen LogP contribution in [0, 0.1) is 12.7 Å². The average molecular weight is 301 g/mol. The van der Waals surface area contributed by atoms with E-state index in [4.69, 9.17) is 11.6 Å². The van der Waals surface area contributed by atoms with Crippen molar-refractivity contribution in [3.8, 4) is 0 Å². The van der Waals surface area contributed by atoms with Gasteiger partial charge in [-0.1, -0.05) is 17.7 Å². The van der Waals surface area contributed by atoms with Crippen molar-refractivity contribution in [2.75, 3.05) is 4.72 Å². The van der Waals surface area contributed by atoms with Crippen LogP contribution >= 0.6 is 11.6 Å². The third-order valence-corrected chi connectivity index (χ3v) is 3.94. The highest BCUT2D eigenvalue weighted by Crippen LogP contribution is 2.20. The fraction of sp³-hybridized carbons (Fsp3) is 0.0833. The number of nitrogens with zero attached hydrogens (tertiary/aromatic N) is 1. The van der Waals surface area contributed by atoms with E-state index < -0.39 is 20.7 Å². The fourth-order valence-corrected chi connectivity index (χ4v) is 2.79. The van der Waals surface area contributed by atoms with Gasteiger partial charge in [0, 0.05) is 17.3 Å². The minimum Gasteiger partial charge on any atom is -0.263 e. The molecule has 2 aromatic rings. The summed E-state index contributed by atoms with van der Waals surface area (Å²) in [7, 11) is -4.03. The van der Waals surface area contributed by atoms with Gasteiger partial charge < -0.3 is 0 Å². The molecule has 0 radical (unpaired) electrons. The van der Waals surface area contributed by atoms with Crippen LogP contribution in [0.1, 0.15) is 5.56 Å². The Hall–Kier alpha value is -1.66. The molecule has 0 aliphatic heterocycles. The van der Waals surface area contributed by atoms with Gasteiger partial charge in [-0.3, -0.25) is 4.72 Å². The number of aryl methyl sites for hydroxylation is 1. The Morgan fingerprint density at radius 2 is 2.00 bits per heavy atom. The van der Waals surface area contributed by atoms with Crippen molar-refractivity contribution in [2.45, 2.75) is 11.8 Å². The first kappa shape index (κ1) is 13.8. The molecule has 0 bridgehead atoms. The van der Waals surface area contributed by atoms with Crippen LogP contribution in [0.2, 0.25) is 5.02 Å². The van der Waals surface area contributed by atoms with Gasteiger partial charge in [0.05, 0.1) is 0 Å². The maximum atomic E-state index is 13.6. The quantitative estimate of drug-likeness (QED) is 0.948. The Morgan fingerprint density at radius 3 is 2.68 bits per heavy atom. The summed E-state index contributed by atoms with van der Waals surface area (Å²) in [5.41, 5.74) is 0.640. The predicted molar refractivity (Wildman–Crippen MR) is 71.2 cm³/mol. The summed E-state index contributed by atoms with van der Waals surface area (Å²) in [6.07, 6.45) is 1.35. The third-order valence-electron chi connectivity index (χ3n) is 2.34. The first-order valence-electron chi connectivity index (χ1n) is 5.29. The van der Waals surface area contributed by atoms with Gasteiger partial charge in [-0.05, 0) is 30.7 Å². The third kappa shape index (κ3) is 3.21. The SMILES string of the molecule is Cc1ccc(F)c(S(=O)(=O)Nc2cc(Cl)ccn2)c1. The van der Waals surface area contributed by atoms with Crippen molar-refractivity contribution < 1.29 is 12.8 Å². The van der Waals surface area contributed by atoms with E-state index in [1.165, 1.54) is 30.5 Å². The van der Waals surface area contributed by atoms with Gasteiger partial charge in [-0.2, -0.15) is 0 Å². The summed E-state index contributed by atoms with van der Waals surface area (Å²) in [5, 5.41) is 0.331. The summed E-state index contributed by atoms with van der Waals surface area (Å²) in [4.78, 5) is 3.38. The monoisotopic (exact) mass is 300 g/mol. The molecule has 100 valence electrons. The maximum Gasteiger partial charge on any atom is 0.265 e. The molecule has 0 amide bonds. The molecule has 0 fully saturated rings. The van der Waals surface area contributed by atoms with Crippen LogP contribution in [0.25, 0.3) is 0 Å². The zero-order valence-corrected chi connectivity index (χ0v) is 11.5. The molecule has 1 aromatic carbocycles. The minimum atomic E-state index is -4.03. The average Bonchev–Trinajstić information content (AvgIpc) is 2.31. The molecular weight excluding hydrogens is 291 g/mol. The number of aromatic nitrogens is 1. The molecule has 0 atom stereocenters. The van der Waals surface area contributed by atoms with Gasteiger partial charge in [0.2, 0.25) is 0 Å². The molecule has 7 heteroatoms. The van der Waals surface area contributed by atoms with E-state index in [0.29, 0.717) is 10.6 Å². The molecule has 0 aliphatic carbocycles. The molecule has 1 N–H and O–H groups in total. The lowest BCUT2D eigenvalue weighted by Gasteiger charge is -2.08. The number of sulfonamides is 1. The number of halogens is 2. The van der Waals surface area contributed by atoms with Crippen LogP contribution in [0.15, 0.2) is 41.4 Å². The van der Waals surface area contributed by atoms with Gasteiger partial charge >= 0.3 is 0 Å². The van der Waals surface area contributed by atoms with Gasteiger partial charge in [0.1, 0.15) is 16.5 Å². The fourth-order valence-electron chi connectivity index (χ4n) is 1.47. The van der Waals surface area contributed by atoms with Gasteiger partial charge in [0.15, 0.2) is 0 Å². The molecule has 0 unspecified atom stereocenters. The Kier molecular flexibility index (Phi) is 3.73. The predicted octanol–water partition coefficient (Wildman–Crippen LogP) is 2.98. The normalized spacial score (nSPS) is 11.3. The molecular formula is C12H10ClFN2O2S. The largest absolute Gasteiger partial charge is 0.265 e. The summed E-state index contributed by atoms with van der Waals surface area (Å²) < 4.78 is 39.9. The van der Waals surface area contributed by atoms with Crippen LogP contribution < -0.4 is 4.72 Å². The number of hydrogen-bond acceptors (Lipinski definition) is 3. The number of pyridine rings is 1. The first-order valence-corrected chi connectivity index (χ1v) is 7.15. The van der Waals surface area contributed by atoms with Gasteiger partial charge in [-0.15, -0.1) is 0 Å². The van der Waals surface area contributed by atoms with E-state index >= 15 is 0 Å². The summed E-state index contributed by atoms with van der Waals surface area (Å²) in [5.74, 6) is -0.784. The lowest BCUT2D eigenvalue weighted by molar-refractivity contribution is 0.569. The van der Waals surface area contributed by atoms with Crippen molar-refractivity contribution in [2.24, 2.45) is 0 Å². The van der Waals surface area contributed by atoms with Crippen molar-refractivity contribution in [3.05, 3.63) is 52.9 Å². The highest BCUT2D eigenvalue weighted by atomic mass is 35.5. The molecule has 1 aromatic heterocycles. The highest BCUT2D eigenvalue weighted by Gasteiger charge is 2.19. The number of rotatable bonds is 3. The summed E-state index contributed by atoms with van der Waals surface area (Å²) in [6.45, 7) is 1.68. The van der Waals surface area contributed by atoms with E-state index in [1.54, 1.807) is 6.92 Å². The molecule has 19 heavy (non-hydrogen) atoms. The maximum absolute atomic E-state index is 13.6. The number of benzene rings is 1. The van der Waals surface area contributed by atoms with Crippen molar-refractivity contribution >= 4 is 27.4 Å². The lowest BCUT2D eigenvalue weighted by Crippen LogP contribution is -2.15. The van der Waals surface area contributed by atoms with Crippen molar-refractivity contribution in [3.63, 3.8) is 0 Å². The van der Waals surface area contributed by atoms with E-state index in [2.05, 4.69) is 9.71 Å². The Labute approximate surface area is 115 Å². The van der Waals surface area contributed by atoms with Crippen LogP contribution in [-0.2, 0) is 10.0 Å². The van der Waals surface area contributed by atoms with Crippen molar-refractivity contribution in [1.82, 2.24) is 4.98 Å². The van der Waals surface area contributed by atoms with E-state index in [0.717, 1.165) is 6.07 Å². The highest BCUT2D eigenvalue weighted by molar-refractivity contribution is 7.92. The molecule has 1 heterocycles. The second-order valence-corrected chi connectivity index (χ2v) is 5.99. The zero-order valence-electron chi connectivity index (χ0n) is 9.89. The second-order valence-electron chi connectivity index (χ2n) is 3.90. The smallest absolute Gasteiger partial charge is 0.263 e. The number of anilines is 1. The lowest BCUT2D eigenvalue weighted by atomic mass is 10.2. The summed E-state index contributed by atoms with van der Waals surface area (Å²) >= 11 is 5.73. The summed E-state index contributed by atoms with van der Waals surface area (Å²) in [6, 6.07) is 6.70.